The van der Waals surface area contributed by atoms with Crippen LogP contribution in [0.3, 0.4) is 0 Å². The molecule has 1 aromatic carbocycles. The summed E-state index contributed by atoms with van der Waals surface area (Å²) in [7, 11) is 0. The number of carbonyl (C=O) groups is 1. The molecule has 106 valence electrons. The Morgan fingerprint density at radius 2 is 2.20 bits per heavy atom. The van der Waals surface area contributed by atoms with Crippen molar-refractivity contribution in [2.75, 3.05) is 19.7 Å². The van der Waals surface area contributed by atoms with Crippen molar-refractivity contribution in [1.82, 2.24) is 4.90 Å². The summed E-state index contributed by atoms with van der Waals surface area (Å²) in [6.45, 7) is 2.84. The Kier molecular flexibility index (Phi) is 4.78. The number of hydrogen-bond acceptors (Lipinski definition) is 3. The van der Waals surface area contributed by atoms with Crippen molar-refractivity contribution in [2.24, 2.45) is 5.92 Å². The highest BCUT2D eigenvalue weighted by Crippen LogP contribution is 2.20. The van der Waals surface area contributed by atoms with Gasteiger partial charge in [-0.05, 0) is 24.5 Å². The van der Waals surface area contributed by atoms with E-state index < -0.39 is 0 Å². The van der Waals surface area contributed by atoms with E-state index >= 15 is 0 Å². The molecule has 2 rings (SSSR count). The van der Waals surface area contributed by atoms with E-state index in [1.54, 1.807) is 23.1 Å². The average Bonchev–Trinajstić information content (AvgIpc) is 2.47. The van der Waals surface area contributed by atoms with Crippen LogP contribution in [0, 0.1) is 17.8 Å². The number of amides is 1. The van der Waals surface area contributed by atoms with Gasteiger partial charge in [0.25, 0.3) is 5.91 Å². The minimum atomic E-state index is -0.330. The molecule has 1 aromatic rings. The number of likely N-dealkylation sites (tertiary alicyclic amines) is 1. The van der Waals surface area contributed by atoms with Gasteiger partial charge in [-0.25, -0.2) is 0 Å². The molecule has 1 amide bonds. The molecule has 1 fully saturated rings. The molecule has 0 saturated carbocycles. The second-order valence-corrected chi connectivity index (χ2v) is 5.09. The van der Waals surface area contributed by atoms with Gasteiger partial charge in [0.05, 0.1) is 11.7 Å². The first kappa shape index (κ1) is 14.6. The summed E-state index contributed by atoms with van der Waals surface area (Å²) in [5.74, 6) is 5.40. The maximum atomic E-state index is 12.5. The summed E-state index contributed by atoms with van der Waals surface area (Å²) in [4.78, 5) is 14.3. The van der Waals surface area contributed by atoms with Crippen molar-refractivity contribution >= 4 is 5.91 Å². The molecule has 1 heterocycles. The molecule has 2 unspecified atom stereocenters. The molecule has 0 radical (unpaired) electrons. The van der Waals surface area contributed by atoms with Crippen molar-refractivity contribution in [3.8, 4) is 11.8 Å². The minimum absolute atomic E-state index is 0.0633. The van der Waals surface area contributed by atoms with E-state index in [2.05, 4.69) is 11.8 Å². The molecule has 4 nitrogen and oxygen atoms in total. The third kappa shape index (κ3) is 3.19. The Morgan fingerprint density at radius 3 is 2.90 bits per heavy atom. The molecule has 0 bridgehead atoms. The van der Waals surface area contributed by atoms with E-state index in [1.807, 2.05) is 13.0 Å². The lowest BCUT2D eigenvalue weighted by Crippen LogP contribution is -2.45. The average molecular weight is 273 g/mol. The van der Waals surface area contributed by atoms with Gasteiger partial charge in [0, 0.05) is 18.7 Å². The highest BCUT2D eigenvalue weighted by atomic mass is 16.3. The molecule has 1 saturated heterocycles. The van der Waals surface area contributed by atoms with Gasteiger partial charge in [0.2, 0.25) is 0 Å². The van der Waals surface area contributed by atoms with Crippen molar-refractivity contribution in [2.45, 2.75) is 19.4 Å². The summed E-state index contributed by atoms with van der Waals surface area (Å²) < 4.78 is 0. The first-order valence-electron chi connectivity index (χ1n) is 6.79. The summed E-state index contributed by atoms with van der Waals surface area (Å²) >= 11 is 0. The van der Waals surface area contributed by atoms with E-state index in [0.717, 1.165) is 0 Å². The highest BCUT2D eigenvalue weighted by Gasteiger charge is 2.28. The normalized spacial score (nSPS) is 22.1. The zero-order valence-corrected chi connectivity index (χ0v) is 11.5. The molecule has 4 heteroatoms. The lowest BCUT2D eigenvalue weighted by molar-refractivity contribution is 0.0297. The zero-order valence-electron chi connectivity index (χ0n) is 11.5. The fraction of sp³-hybridized carbons (Fsp3) is 0.438. The highest BCUT2D eigenvalue weighted by molar-refractivity contribution is 5.96. The lowest BCUT2D eigenvalue weighted by atomic mass is 9.95. The second-order valence-electron chi connectivity index (χ2n) is 5.09. The molecule has 2 N–H and O–H groups in total. The molecule has 1 aliphatic rings. The van der Waals surface area contributed by atoms with Crippen LogP contribution in [-0.4, -0.2) is 46.8 Å². The summed E-state index contributed by atoms with van der Waals surface area (Å²) in [5.41, 5.74) is 1.18. The number of aliphatic hydroxyl groups excluding tert-OH is 2. The van der Waals surface area contributed by atoms with Crippen LogP contribution in [-0.2, 0) is 0 Å². The maximum absolute atomic E-state index is 12.5. The fourth-order valence-corrected chi connectivity index (χ4v) is 2.40. The molecule has 0 aromatic heterocycles. The Balaban J connectivity index is 2.21. The van der Waals surface area contributed by atoms with Gasteiger partial charge < -0.3 is 15.1 Å². The van der Waals surface area contributed by atoms with Crippen molar-refractivity contribution in [1.29, 1.82) is 0 Å². The van der Waals surface area contributed by atoms with Crippen LogP contribution in [0.5, 0.6) is 0 Å². The van der Waals surface area contributed by atoms with E-state index in [4.69, 9.17) is 5.11 Å². The minimum Gasteiger partial charge on any atom is -0.393 e. The zero-order chi connectivity index (χ0) is 14.5. The molecule has 1 aliphatic heterocycles. The third-order valence-corrected chi connectivity index (χ3v) is 3.61. The molecular formula is C16H19NO3. The van der Waals surface area contributed by atoms with Crippen molar-refractivity contribution in [3.63, 3.8) is 0 Å². The van der Waals surface area contributed by atoms with Gasteiger partial charge in [-0.2, -0.15) is 0 Å². The van der Waals surface area contributed by atoms with Gasteiger partial charge in [-0.3, -0.25) is 4.79 Å². The monoisotopic (exact) mass is 273 g/mol. The first-order chi connectivity index (χ1) is 9.63. The quantitative estimate of drug-likeness (QED) is 0.747. The van der Waals surface area contributed by atoms with Gasteiger partial charge in [0.15, 0.2) is 0 Å². The smallest absolute Gasteiger partial charge is 0.255 e. The largest absolute Gasteiger partial charge is 0.393 e. The molecule has 0 aliphatic carbocycles. The summed E-state index contributed by atoms with van der Waals surface area (Å²) in [5, 5.41) is 18.5. The number of carbonyl (C=O) groups excluding carboxylic acids is 1. The summed E-state index contributed by atoms with van der Waals surface area (Å²) in [6.07, 6.45) is 0.278. The first-order valence-corrected chi connectivity index (χ1v) is 6.79. The summed E-state index contributed by atoms with van der Waals surface area (Å²) in [6, 6.07) is 7.15. The van der Waals surface area contributed by atoms with Crippen LogP contribution in [0.1, 0.15) is 29.3 Å². The number of piperidine rings is 1. The van der Waals surface area contributed by atoms with Gasteiger partial charge >= 0.3 is 0 Å². The topological polar surface area (TPSA) is 60.8 Å². The van der Waals surface area contributed by atoms with Crippen LogP contribution in [0.2, 0.25) is 0 Å². The standard InChI is InChI=1S/C16H19NO3/c1-12-11-17(9-8-15(12)19)16(20)14-7-3-2-5-13(14)6-4-10-18/h2-3,5,7,12,15,18-19H,8-11H2,1H3. The third-order valence-electron chi connectivity index (χ3n) is 3.61. The van der Waals surface area contributed by atoms with E-state index in [-0.39, 0.29) is 24.5 Å². The number of hydrogen-bond donors (Lipinski definition) is 2. The maximum Gasteiger partial charge on any atom is 0.255 e. The molecule has 0 spiro atoms. The van der Waals surface area contributed by atoms with Crippen LogP contribution in [0.15, 0.2) is 24.3 Å². The van der Waals surface area contributed by atoms with Crippen LogP contribution in [0.4, 0.5) is 0 Å². The van der Waals surface area contributed by atoms with Crippen LogP contribution < -0.4 is 0 Å². The van der Waals surface area contributed by atoms with Gasteiger partial charge in [-0.1, -0.05) is 30.9 Å². The molecule has 2 atom stereocenters. The lowest BCUT2D eigenvalue weighted by Gasteiger charge is -2.34. The Hall–Kier alpha value is -1.83. The van der Waals surface area contributed by atoms with Crippen LogP contribution in [0.25, 0.3) is 0 Å². The predicted octanol–water partition coefficient (Wildman–Crippen LogP) is 0.873. The predicted molar refractivity (Wildman–Crippen MR) is 76.1 cm³/mol. The van der Waals surface area contributed by atoms with Crippen LogP contribution >= 0.6 is 0 Å². The fourth-order valence-electron chi connectivity index (χ4n) is 2.40. The van der Waals surface area contributed by atoms with E-state index in [1.165, 1.54) is 0 Å². The number of nitrogens with zero attached hydrogens (tertiary/aromatic N) is 1. The van der Waals surface area contributed by atoms with Gasteiger partial charge in [-0.15, -0.1) is 0 Å². The Labute approximate surface area is 119 Å². The van der Waals surface area contributed by atoms with E-state index in [9.17, 15) is 9.90 Å². The number of rotatable bonds is 1. The van der Waals surface area contributed by atoms with Gasteiger partial charge in [0.1, 0.15) is 6.61 Å². The number of benzene rings is 1. The SMILES string of the molecule is CC1CN(C(=O)c2ccccc2C#CCO)CCC1O. The molecular weight excluding hydrogens is 254 g/mol. The van der Waals surface area contributed by atoms with Crippen molar-refractivity contribution < 1.29 is 15.0 Å². The Morgan fingerprint density at radius 1 is 1.45 bits per heavy atom. The second kappa shape index (κ2) is 6.56. The molecule has 20 heavy (non-hydrogen) atoms. The van der Waals surface area contributed by atoms with E-state index in [0.29, 0.717) is 30.6 Å². The Bertz CT molecular complexity index is 544. The number of aliphatic hydroxyl groups is 2. The van der Waals surface area contributed by atoms with Crippen molar-refractivity contribution in [3.05, 3.63) is 35.4 Å².